The molecule has 0 bridgehead atoms. The second-order valence-corrected chi connectivity index (χ2v) is 7.07. The van der Waals surface area contributed by atoms with Gasteiger partial charge in [0, 0.05) is 57.2 Å². The van der Waals surface area contributed by atoms with Crippen molar-refractivity contribution in [3.8, 4) is 0 Å². The predicted octanol–water partition coefficient (Wildman–Crippen LogP) is 2.72. The first kappa shape index (κ1) is 28.6. The van der Waals surface area contributed by atoms with Gasteiger partial charge in [-0.15, -0.1) is 37.2 Å². The lowest BCUT2D eigenvalue weighted by atomic mass is 10.1. The Morgan fingerprint density at radius 1 is 1.07 bits per heavy atom. The van der Waals surface area contributed by atoms with E-state index in [1.54, 1.807) is 17.9 Å². The number of nitrogens with zero attached hydrogens (tertiary/aromatic N) is 4. The fourth-order valence-corrected chi connectivity index (χ4v) is 3.47. The number of aryl methyl sites for hydroxylation is 1. The molecular formula is C20H33Cl3N6O. The van der Waals surface area contributed by atoms with Crippen molar-refractivity contribution in [1.29, 1.82) is 0 Å². The molecule has 1 aliphatic heterocycles. The third-order valence-corrected chi connectivity index (χ3v) is 5.15. The SMILES string of the molecule is CCN1CCN(Cc2ccc(NC(=O)C(NC)c3cnn(C)c3)cc2)CC1.Cl.Cl.Cl. The van der Waals surface area contributed by atoms with E-state index in [1.807, 2.05) is 25.4 Å². The number of hydrogen-bond donors (Lipinski definition) is 2. The van der Waals surface area contributed by atoms with Crippen molar-refractivity contribution in [2.24, 2.45) is 7.05 Å². The molecule has 7 nitrogen and oxygen atoms in total. The largest absolute Gasteiger partial charge is 0.324 e. The summed E-state index contributed by atoms with van der Waals surface area (Å²) in [5, 5.41) is 10.2. The number of anilines is 1. The summed E-state index contributed by atoms with van der Waals surface area (Å²) in [6.45, 7) is 8.82. The van der Waals surface area contributed by atoms with Gasteiger partial charge in [-0.25, -0.2) is 0 Å². The Labute approximate surface area is 197 Å². The number of carbonyl (C=O) groups is 1. The third kappa shape index (κ3) is 7.72. The molecule has 0 spiro atoms. The van der Waals surface area contributed by atoms with Crippen LogP contribution in [0.4, 0.5) is 5.69 Å². The smallest absolute Gasteiger partial charge is 0.246 e. The van der Waals surface area contributed by atoms with Crippen LogP contribution in [0.1, 0.15) is 24.1 Å². The number of piperazine rings is 1. The minimum atomic E-state index is -0.423. The molecule has 0 aliphatic carbocycles. The molecular weight excluding hydrogens is 447 g/mol. The molecule has 170 valence electrons. The highest BCUT2D eigenvalue weighted by Gasteiger charge is 2.20. The molecule has 0 radical (unpaired) electrons. The number of amides is 1. The zero-order valence-electron chi connectivity index (χ0n) is 17.7. The van der Waals surface area contributed by atoms with Gasteiger partial charge < -0.3 is 15.5 Å². The first-order chi connectivity index (χ1) is 13.1. The molecule has 10 heteroatoms. The molecule has 1 saturated heterocycles. The first-order valence-corrected chi connectivity index (χ1v) is 9.59. The van der Waals surface area contributed by atoms with E-state index in [9.17, 15) is 4.79 Å². The quantitative estimate of drug-likeness (QED) is 0.639. The zero-order chi connectivity index (χ0) is 19.2. The van der Waals surface area contributed by atoms with E-state index in [0.717, 1.165) is 50.5 Å². The molecule has 2 aromatic rings. The summed E-state index contributed by atoms with van der Waals surface area (Å²) in [5.74, 6) is -0.0889. The number of hydrogen-bond acceptors (Lipinski definition) is 5. The zero-order valence-corrected chi connectivity index (χ0v) is 20.2. The molecule has 0 saturated carbocycles. The molecule has 30 heavy (non-hydrogen) atoms. The maximum Gasteiger partial charge on any atom is 0.246 e. The molecule has 1 aromatic carbocycles. The third-order valence-electron chi connectivity index (χ3n) is 5.15. The highest BCUT2D eigenvalue weighted by Crippen LogP contribution is 2.17. The Balaban J connectivity index is 0.00000280. The molecule has 2 heterocycles. The maximum absolute atomic E-state index is 12.6. The van der Waals surface area contributed by atoms with Crippen LogP contribution < -0.4 is 10.6 Å². The van der Waals surface area contributed by atoms with Crippen molar-refractivity contribution in [2.45, 2.75) is 19.5 Å². The van der Waals surface area contributed by atoms with Gasteiger partial charge in [-0.1, -0.05) is 19.1 Å². The van der Waals surface area contributed by atoms with Crippen molar-refractivity contribution < 1.29 is 4.79 Å². The van der Waals surface area contributed by atoms with Crippen molar-refractivity contribution in [1.82, 2.24) is 24.9 Å². The summed E-state index contributed by atoms with van der Waals surface area (Å²) in [7, 11) is 3.62. The topological polar surface area (TPSA) is 65.4 Å². The van der Waals surface area contributed by atoms with Gasteiger partial charge in [0.1, 0.15) is 6.04 Å². The van der Waals surface area contributed by atoms with E-state index < -0.39 is 6.04 Å². The van der Waals surface area contributed by atoms with Crippen LogP contribution in [0.5, 0.6) is 0 Å². The molecule has 1 unspecified atom stereocenters. The van der Waals surface area contributed by atoms with Gasteiger partial charge in [0.2, 0.25) is 5.91 Å². The van der Waals surface area contributed by atoms with Crippen LogP contribution in [0.2, 0.25) is 0 Å². The van der Waals surface area contributed by atoms with Crippen molar-refractivity contribution in [3.05, 3.63) is 47.8 Å². The van der Waals surface area contributed by atoms with Gasteiger partial charge in [-0.05, 0) is 31.3 Å². The minimum absolute atomic E-state index is 0. The summed E-state index contributed by atoms with van der Waals surface area (Å²) in [6, 6.07) is 7.73. The normalized spacial score (nSPS) is 15.3. The molecule has 2 N–H and O–H groups in total. The Morgan fingerprint density at radius 3 is 2.17 bits per heavy atom. The molecule has 1 aliphatic rings. The monoisotopic (exact) mass is 478 g/mol. The van der Waals surface area contributed by atoms with Crippen LogP contribution in [0.15, 0.2) is 36.7 Å². The van der Waals surface area contributed by atoms with Crippen LogP contribution in [0.25, 0.3) is 0 Å². The van der Waals surface area contributed by atoms with Crippen molar-refractivity contribution in [3.63, 3.8) is 0 Å². The number of nitrogens with one attached hydrogen (secondary N) is 2. The standard InChI is InChI=1S/C20H30N6O.3ClH/c1-4-25-9-11-26(12-10-25)14-16-5-7-18(8-6-16)23-20(27)19(21-2)17-13-22-24(3)15-17;;;/h5-8,13,15,19,21H,4,9-12,14H2,1-3H3,(H,23,27);3*1H. The Bertz CT molecular complexity index is 747. The average molecular weight is 480 g/mol. The van der Waals surface area contributed by atoms with Gasteiger partial charge in [0.25, 0.3) is 0 Å². The van der Waals surface area contributed by atoms with Crippen LogP contribution in [-0.4, -0.2) is 65.3 Å². The summed E-state index contributed by atoms with van der Waals surface area (Å²) < 4.78 is 1.70. The molecule has 1 atom stereocenters. The average Bonchev–Trinajstić information content (AvgIpc) is 3.10. The van der Waals surface area contributed by atoms with E-state index >= 15 is 0 Å². The van der Waals surface area contributed by atoms with Crippen LogP contribution in [0, 0.1) is 0 Å². The van der Waals surface area contributed by atoms with E-state index in [1.165, 1.54) is 5.56 Å². The molecule has 3 rings (SSSR count). The summed E-state index contributed by atoms with van der Waals surface area (Å²) in [5.41, 5.74) is 2.93. The Hall–Kier alpha value is -1.35. The van der Waals surface area contributed by atoms with E-state index in [4.69, 9.17) is 0 Å². The second kappa shape index (κ2) is 13.9. The van der Waals surface area contributed by atoms with Crippen LogP contribution >= 0.6 is 37.2 Å². The van der Waals surface area contributed by atoms with E-state index in [2.05, 4.69) is 44.6 Å². The second-order valence-electron chi connectivity index (χ2n) is 7.07. The number of rotatable bonds is 7. The fourth-order valence-electron chi connectivity index (χ4n) is 3.47. The van der Waals surface area contributed by atoms with E-state index in [-0.39, 0.29) is 43.1 Å². The lowest BCUT2D eigenvalue weighted by Gasteiger charge is -2.34. The fraction of sp³-hybridized carbons (Fsp3) is 0.500. The number of aromatic nitrogens is 2. The first-order valence-electron chi connectivity index (χ1n) is 9.59. The number of halogens is 3. The summed E-state index contributed by atoms with van der Waals surface area (Å²) in [6.07, 6.45) is 3.56. The van der Waals surface area contributed by atoms with Crippen molar-refractivity contribution >= 4 is 48.8 Å². The maximum atomic E-state index is 12.6. The Morgan fingerprint density at radius 2 is 1.67 bits per heavy atom. The van der Waals surface area contributed by atoms with E-state index in [0.29, 0.717) is 0 Å². The van der Waals surface area contributed by atoms with Gasteiger partial charge in [0.15, 0.2) is 0 Å². The predicted molar refractivity (Wildman–Crippen MR) is 129 cm³/mol. The van der Waals surface area contributed by atoms with Gasteiger partial charge >= 0.3 is 0 Å². The highest BCUT2D eigenvalue weighted by atomic mass is 35.5. The molecule has 1 aromatic heterocycles. The summed E-state index contributed by atoms with van der Waals surface area (Å²) >= 11 is 0. The van der Waals surface area contributed by atoms with Gasteiger partial charge in [0.05, 0.1) is 6.20 Å². The molecule has 1 amide bonds. The lowest BCUT2D eigenvalue weighted by molar-refractivity contribution is -0.118. The number of carbonyl (C=O) groups excluding carboxylic acids is 1. The lowest BCUT2D eigenvalue weighted by Crippen LogP contribution is -2.45. The number of benzene rings is 1. The number of likely N-dealkylation sites (N-methyl/N-ethyl adjacent to an activating group) is 2. The van der Waals surface area contributed by atoms with Crippen molar-refractivity contribution in [2.75, 3.05) is 45.1 Å². The van der Waals surface area contributed by atoms with Gasteiger partial charge in [-0.3, -0.25) is 14.4 Å². The molecule has 1 fully saturated rings. The highest BCUT2D eigenvalue weighted by molar-refractivity contribution is 5.95. The van der Waals surface area contributed by atoms with Gasteiger partial charge in [-0.2, -0.15) is 5.10 Å². The van der Waals surface area contributed by atoms with Crippen LogP contribution in [0.3, 0.4) is 0 Å². The minimum Gasteiger partial charge on any atom is -0.324 e. The Kier molecular flexibility index (Phi) is 13.2. The summed E-state index contributed by atoms with van der Waals surface area (Å²) in [4.78, 5) is 17.6. The van der Waals surface area contributed by atoms with Crippen LogP contribution in [-0.2, 0) is 18.4 Å².